The minimum absolute atomic E-state index is 0.0997. The van der Waals surface area contributed by atoms with E-state index in [9.17, 15) is 4.79 Å². The molecule has 1 aromatic carbocycles. The van der Waals surface area contributed by atoms with Gasteiger partial charge in [-0.15, -0.1) is 0 Å². The lowest BCUT2D eigenvalue weighted by molar-refractivity contribution is -0.122. The van der Waals surface area contributed by atoms with Crippen LogP contribution in [0.1, 0.15) is 19.3 Å². The number of methoxy groups -OCH3 is 1. The number of hydrogen-bond donors (Lipinski definition) is 1. The van der Waals surface area contributed by atoms with Gasteiger partial charge in [0.2, 0.25) is 5.91 Å². The lowest BCUT2D eigenvalue weighted by atomic mass is 9.85. The van der Waals surface area contributed by atoms with Gasteiger partial charge < -0.3 is 10.1 Å². The van der Waals surface area contributed by atoms with Crippen molar-refractivity contribution in [3.63, 3.8) is 0 Å². The maximum Gasteiger partial charge on any atom is 0.227 e. The van der Waals surface area contributed by atoms with Crippen molar-refractivity contribution in [3.05, 3.63) is 22.7 Å². The van der Waals surface area contributed by atoms with Gasteiger partial charge in [-0.3, -0.25) is 4.79 Å². The number of carbonyl (C=O) groups is 1. The molecule has 2 rings (SSSR count). The Bertz CT molecular complexity index is 402. The molecule has 16 heavy (non-hydrogen) atoms. The van der Waals surface area contributed by atoms with Gasteiger partial charge in [-0.2, -0.15) is 0 Å². The molecule has 1 aliphatic carbocycles. The van der Waals surface area contributed by atoms with Crippen molar-refractivity contribution in [3.8, 4) is 5.75 Å². The summed E-state index contributed by atoms with van der Waals surface area (Å²) in [4.78, 5) is 11.8. The predicted molar refractivity (Wildman–Crippen MR) is 66.7 cm³/mol. The fraction of sp³-hybridized carbons (Fsp3) is 0.417. The number of nitrogens with one attached hydrogen (secondary N) is 1. The molecule has 0 bridgehead atoms. The summed E-state index contributed by atoms with van der Waals surface area (Å²) in [6.07, 6.45) is 3.16. The highest BCUT2D eigenvalue weighted by atomic mass is 79.9. The zero-order valence-corrected chi connectivity index (χ0v) is 10.7. The van der Waals surface area contributed by atoms with E-state index >= 15 is 0 Å². The topological polar surface area (TPSA) is 38.3 Å². The molecular weight excluding hydrogens is 270 g/mol. The minimum atomic E-state index is 0.0997. The molecule has 1 N–H and O–H groups in total. The van der Waals surface area contributed by atoms with E-state index in [1.165, 1.54) is 0 Å². The van der Waals surface area contributed by atoms with Crippen LogP contribution in [-0.4, -0.2) is 13.0 Å². The van der Waals surface area contributed by atoms with Crippen LogP contribution in [0.4, 0.5) is 5.69 Å². The quantitative estimate of drug-likeness (QED) is 0.925. The summed E-state index contributed by atoms with van der Waals surface area (Å²) in [5.41, 5.74) is 0.730. The average Bonchev–Trinajstić information content (AvgIpc) is 2.15. The molecule has 3 nitrogen and oxygen atoms in total. The number of ether oxygens (including phenoxy) is 1. The van der Waals surface area contributed by atoms with Crippen LogP contribution < -0.4 is 10.1 Å². The summed E-state index contributed by atoms with van der Waals surface area (Å²) < 4.78 is 6.13. The number of rotatable bonds is 3. The predicted octanol–water partition coefficient (Wildman–Crippen LogP) is 3.20. The summed E-state index contributed by atoms with van der Waals surface area (Å²) in [6.45, 7) is 0. The smallest absolute Gasteiger partial charge is 0.227 e. The van der Waals surface area contributed by atoms with Crippen molar-refractivity contribution >= 4 is 27.5 Å². The zero-order valence-electron chi connectivity index (χ0n) is 9.13. The van der Waals surface area contributed by atoms with Crippen LogP contribution in [0.2, 0.25) is 0 Å². The third-order valence-electron chi connectivity index (χ3n) is 2.90. The molecule has 0 spiro atoms. The van der Waals surface area contributed by atoms with Crippen molar-refractivity contribution < 1.29 is 9.53 Å². The summed E-state index contributed by atoms with van der Waals surface area (Å²) in [5, 5.41) is 2.91. The molecule has 0 saturated heterocycles. The Balaban J connectivity index is 2.12. The Hall–Kier alpha value is -1.03. The summed E-state index contributed by atoms with van der Waals surface area (Å²) >= 11 is 3.38. The van der Waals surface area contributed by atoms with Crippen LogP contribution in [0.3, 0.4) is 0 Å². The third-order valence-corrected chi connectivity index (χ3v) is 3.39. The lowest BCUT2D eigenvalue weighted by Gasteiger charge is -2.24. The Morgan fingerprint density at radius 1 is 1.50 bits per heavy atom. The van der Waals surface area contributed by atoms with Crippen LogP contribution in [0.5, 0.6) is 5.75 Å². The molecule has 1 saturated carbocycles. The fourth-order valence-corrected chi connectivity index (χ4v) is 2.04. The van der Waals surface area contributed by atoms with Gasteiger partial charge >= 0.3 is 0 Å². The first-order chi connectivity index (χ1) is 7.70. The number of amides is 1. The molecule has 1 aliphatic rings. The van der Waals surface area contributed by atoms with Gasteiger partial charge in [-0.05, 0) is 31.0 Å². The molecule has 0 aliphatic heterocycles. The van der Waals surface area contributed by atoms with Gasteiger partial charge in [-0.25, -0.2) is 0 Å². The molecule has 1 aromatic rings. The molecule has 0 aromatic heterocycles. The van der Waals surface area contributed by atoms with Crippen LogP contribution >= 0.6 is 15.9 Å². The van der Waals surface area contributed by atoms with E-state index in [2.05, 4.69) is 21.2 Å². The second-order valence-electron chi connectivity index (χ2n) is 3.96. The largest absolute Gasteiger partial charge is 0.495 e. The van der Waals surface area contributed by atoms with Gasteiger partial charge in [0.25, 0.3) is 0 Å². The monoisotopic (exact) mass is 283 g/mol. The molecule has 1 fully saturated rings. The highest BCUT2D eigenvalue weighted by Crippen LogP contribution is 2.31. The normalized spacial score (nSPS) is 15.4. The second kappa shape index (κ2) is 4.87. The highest BCUT2D eigenvalue weighted by Gasteiger charge is 2.25. The number of benzene rings is 1. The van der Waals surface area contributed by atoms with E-state index < -0.39 is 0 Å². The summed E-state index contributed by atoms with van der Waals surface area (Å²) in [7, 11) is 1.60. The van der Waals surface area contributed by atoms with Crippen molar-refractivity contribution in [2.75, 3.05) is 12.4 Å². The second-order valence-corrected chi connectivity index (χ2v) is 4.88. The standard InChI is InChI=1S/C12H14BrNO2/c1-16-11-6-5-9(13)7-10(11)14-12(15)8-3-2-4-8/h5-8H,2-4H2,1H3,(H,14,15). The van der Waals surface area contributed by atoms with Gasteiger partial charge in [-0.1, -0.05) is 22.4 Å². The van der Waals surface area contributed by atoms with Crippen LogP contribution in [0.15, 0.2) is 22.7 Å². The highest BCUT2D eigenvalue weighted by molar-refractivity contribution is 9.10. The van der Waals surface area contributed by atoms with E-state index in [0.717, 1.165) is 29.4 Å². The molecule has 1 amide bonds. The van der Waals surface area contributed by atoms with Crippen molar-refractivity contribution in [1.29, 1.82) is 0 Å². The maximum atomic E-state index is 11.8. The molecule has 4 heteroatoms. The van der Waals surface area contributed by atoms with E-state index in [-0.39, 0.29) is 11.8 Å². The first-order valence-corrected chi connectivity index (χ1v) is 6.14. The SMILES string of the molecule is COc1ccc(Br)cc1NC(=O)C1CCC1. The Kier molecular flexibility index (Phi) is 3.49. The minimum Gasteiger partial charge on any atom is -0.495 e. The molecule has 0 atom stereocenters. The molecule has 0 unspecified atom stereocenters. The van der Waals surface area contributed by atoms with Gasteiger partial charge in [0.1, 0.15) is 5.75 Å². The Morgan fingerprint density at radius 3 is 2.81 bits per heavy atom. The van der Waals surface area contributed by atoms with E-state index in [4.69, 9.17) is 4.74 Å². The molecule has 86 valence electrons. The van der Waals surface area contributed by atoms with Crippen LogP contribution in [-0.2, 0) is 4.79 Å². The summed E-state index contributed by atoms with van der Waals surface area (Å²) in [6, 6.07) is 5.58. The number of hydrogen-bond acceptors (Lipinski definition) is 2. The first kappa shape index (κ1) is 11.5. The fourth-order valence-electron chi connectivity index (χ4n) is 1.68. The molecule has 0 heterocycles. The van der Waals surface area contributed by atoms with E-state index in [1.54, 1.807) is 7.11 Å². The molecule has 0 radical (unpaired) electrons. The maximum absolute atomic E-state index is 11.8. The summed E-state index contributed by atoms with van der Waals surface area (Å²) in [5.74, 6) is 0.974. The Morgan fingerprint density at radius 2 is 2.25 bits per heavy atom. The third kappa shape index (κ3) is 2.38. The van der Waals surface area contributed by atoms with Gasteiger partial charge in [0.15, 0.2) is 0 Å². The number of halogens is 1. The van der Waals surface area contributed by atoms with Gasteiger partial charge in [0, 0.05) is 10.4 Å². The van der Waals surface area contributed by atoms with Crippen LogP contribution in [0.25, 0.3) is 0 Å². The Labute approximate surface area is 103 Å². The average molecular weight is 284 g/mol. The molecular formula is C12H14BrNO2. The number of carbonyl (C=O) groups excluding carboxylic acids is 1. The number of anilines is 1. The van der Waals surface area contributed by atoms with Crippen molar-refractivity contribution in [1.82, 2.24) is 0 Å². The zero-order chi connectivity index (χ0) is 11.5. The van der Waals surface area contributed by atoms with Crippen molar-refractivity contribution in [2.24, 2.45) is 5.92 Å². The first-order valence-electron chi connectivity index (χ1n) is 5.35. The van der Waals surface area contributed by atoms with Crippen molar-refractivity contribution in [2.45, 2.75) is 19.3 Å². The lowest BCUT2D eigenvalue weighted by Crippen LogP contribution is -2.28. The van der Waals surface area contributed by atoms with E-state index in [1.807, 2.05) is 18.2 Å². The van der Waals surface area contributed by atoms with E-state index in [0.29, 0.717) is 5.75 Å². The van der Waals surface area contributed by atoms with Gasteiger partial charge in [0.05, 0.1) is 12.8 Å². The van der Waals surface area contributed by atoms with Crippen LogP contribution in [0, 0.1) is 5.92 Å².